The maximum Gasteiger partial charge on any atom is 0.306 e. The highest BCUT2D eigenvalue weighted by molar-refractivity contribution is 5.70. The predicted octanol–water partition coefficient (Wildman–Crippen LogP) is 8.94. The summed E-state index contributed by atoms with van der Waals surface area (Å²) in [5, 5.41) is 40.0. The molecule has 0 aromatic heterocycles. The quantitative estimate of drug-likeness (QED) is 0.0276. The highest BCUT2D eigenvalue weighted by atomic mass is 16.7. The van der Waals surface area contributed by atoms with Crippen LogP contribution in [0.3, 0.4) is 0 Å². The zero-order valence-electron chi connectivity index (χ0n) is 34.2. The van der Waals surface area contributed by atoms with Crippen LogP contribution in [0.4, 0.5) is 0 Å². The minimum atomic E-state index is -1.60. The third-order valence-electron chi connectivity index (χ3n) is 10.1. The lowest BCUT2D eigenvalue weighted by molar-refractivity contribution is -0.305. The molecule has 1 aliphatic heterocycles. The minimum Gasteiger partial charge on any atom is -0.462 e. The molecular weight excluding hydrogens is 688 g/mol. The first-order valence-electron chi connectivity index (χ1n) is 21.9. The van der Waals surface area contributed by atoms with Crippen LogP contribution in [-0.2, 0) is 28.5 Å². The van der Waals surface area contributed by atoms with Crippen LogP contribution in [-0.4, -0.2) is 89.0 Å². The van der Waals surface area contributed by atoms with Gasteiger partial charge < -0.3 is 39.4 Å². The van der Waals surface area contributed by atoms with E-state index in [-0.39, 0.29) is 26.1 Å². The summed E-state index contributed by atoms with van der Waals surface area (Å²) in [6.45, 7) is 3.37. The molecule has 0 aromatic rings. The zero-order valence-corrected chi connectivity index (χ0v) is 34.2. The molecule has 0 amide bonds. The Morgan fingerprint density at radius 3 is 1.52 bits per heavy atom. The number of ether oxygens (including phenoxy) is 4. The Labute approximate surface area is 328 Å². The Morgan fingerprint density at radius 1 is 0.556 bits per heavy atom. The molecule has 1 heterocycles. The van der Waals surface area contributed by atoms with Crippen molar-refractivity contribution < 1.29 is 49.0 Å². The molecule has 4 N–H and O–H groups in total. The van der Waals surface area contributed by atoms with Crippen LogP contribution in [0, 0.1) is 0 Å². The number of aliphatic hydroxyl groups is 4. The Bertz CT molecular complexity index is 938. The maximum atomic E-state index is 12.7. The van der Waals surface area contributed by atoms with Crippen LogP contribution in [0.15, 0.2) is 24.3 Å². The molecule has 1 fully saturated rings. The molecule has 0 aliphatic carbocycles. The summed E-state index contributed by atoms with van der Waals surface area (Å²) in [6, 6.07) is 0. The van der Waals surface area contributed by atoms with Gasteiger partial charge in [-0.2, -0.15) is 0 Å². The van der Waals surface area contributed by atoms with Crippen molar-refractivity contribution in [2.75, 3.05) is 19.8 Å². The molecule has 0 aromatic carbocycles. The second-order valence-electron chi connectivity index (χ2n) is 15.1. The summed E-state index contributed by atoms with van der Waals surface area (Å²) in [5.41, 5.74) is 0. The fraction of sp³-hybridized carbons (Fsp3) is 0.864. The van der Waals surface area contributed by atoms with E-state index >= 15 is 0 Å². The monoisotopic (exact) mass is 769 g/mol. The number of rotatable bonds is 36. The van der Waals surface area contributed by atoms with Crippen molar-refractivity contribution in [3.8, 4) is 0 Å². The van der Waals surface area contributed by atoms with Gasteiger partial charge >= 0.3 is 11.9 Å². The maximum absolute atomic E-state index is 12.7. The average molecular weight is 769 g/mol. The van der Waals surface area contributed by atoms with Crippen molar-refractivity contribution in [1.82, 2.24) is 0 Å². The summed E-state index contributed by atoms with van der Waals surface area (Å²) in [4.78, 5) is 25.2. The Balaban J connectivity index is 2.37. The van der Waals surface area contributed by atoms with E-state index in [4.69, 9.17) is 18.9 Å². The van der Waals surface area contributed by atoms with Crippen molar-refractivity contribution in [3.05, 3.63) is 24.3 Å². The molecule has 10 nitrogen and oxygen atoms in total. The first kappa shape index (κ1) is 50.2. The molecule has 1 rings (SSSR count). The lowest BCUT2D eigenvalue weighted by Gasteiger charge is -2.39. The van der Waals surface area contributed by atoms with E-state index in [1.165, 1.54) is 96.3 Å². The van der Waals surface area contributed by atoms with Gasteiger partial charge in [-0.3, -0.25) is 9.59 Å². The number of aliphatic hydroxyl groups excluding tert-OH is 4. The van der Waals surface area contributed by atoms with Crippen molar-refractivity contribution in [2.24, 2.45) is 0 Å². The number of esters is 2. The number of carbonyl (C=O) groups is 2. The molecule has 316 valence electrons. The van der Waals surface area contributed by atoms with Gasteiger partial charge in [0, 0.05) is 12.8 Å². The van der Waals surface area contributed by atoms with E-state index in [1.807, 2.05) is 6.08 Å². The third-order valence-corrected chi connectivity index (χ3v) is 10.1. The molecule has 10 heteroatoms. The summed E-state index contributed by atoms with van der Waals surface area (Å²) < 4.78 is 22.1. The number of hydrogen-bond acceptors (Lipinski definition) is 10. The van der Waals surface area contributed by atoms with E-state index in [0.29, 0.717) is 12.8 Å². The second kappa shape index (κ2) is 35.6. The zero-order chi connectivity index (χ0) is 39.5. The molecule has 54 heavy (non-hydrogen) atoms. The van der Waals surface area contributed by atoms with E-state index in [1.54, 1.807) is 0 Å². The van der Waals surface area contributed by atoms with E-state index in [0.717, 1.165) is 51.4 Å². The molecule has 6 atom stereocenters. The topological polar surface area (TPSA) is 152 Å². The molecule has 0 saturated carbocycles. The highest BCUT2D eigenvalue weighted by Gasteiger charge is 2.44. The van der Waals surface area contributed by atoms with Crippen LogP contribution in [0.25, 0.3) is 0 Å². The molecular formula is C44H80O10. The van der Waals surface area contributed by atoms with Crippen molar-refractivity contribution in [2.45, 2.75) is 224 Å². The molecule has 1 aliphatic rings. The second-order valence-corrected chi connectivity index (χ2v) is 15.1. The van der Waals surface area contributed by atoms with Crippen LogP contribution in [0.1, 0.15) is 187 Å². The average Bonchev–Trinajstić information content (AvgIpc) is 3.17. The fourth-order valence-electron chi connectivity index (χ4n) is 6.55. The normalized spacial score (nSPS) is 20.9. The van der Waals surface area contributed by atoms with Crippen molar-refractivity contribution in [1.29, 1.82) is 0 Å². The molecule has 1 saturated heterocycles. The summed E-state index contributed by atoms with van der Waals surface area (Å²) >= 11 is 0. The van der Waals surface area contributed by atoms with Crippen molar-refractivity contribution >= 4 is 11.9 Å². The van der Waals surface area contributed by atoms with E-state index in [2.05, 4.69) is 32.1 Å². The van der Waals surface area contributed by atoms with E-state index in [9.17, 15) is 30.0 Å². The minimum absolute atomic E-state index is 0.192. The van der Waals surface area contributed by atoms with Gasteiger partial charge in [0.2, 0.25) is 0 Å². The SMILES string of the molecule is CCCCCCC/C=C/CCCCCCCC(=O)O[C@@H](COC(=O)CC/C=C/CCCCCCCCCCCCC)CO[C@H]1O[C@@H](CO)[C@@H](O)C(O)C1O. The van der Waals surface area contributed by atoms with Crippen molar-refractivity contribution in [3.63, 3.8) is 0 Å². The van der Waals surface area contributed by atoms with Crippen LogP contribution in [0.5, 0.6) is 0 Å². The van der Waals surface area contributed by atoms with Gasteiger partial charge in [-0.05, 0) is 51.4 Å². The number of carbonyl (C=O) groups excluding carboxylic acids is 2. The van der Waals surface area contributed by atoms with Gasteiger partial charge in [0.25, 0.3) is 0 Å². The lowest BCUT2D eigenvalue weighted by Crippen LogP contribution is -2.59. The van der Waals surface area contributed by atoms with Gasteiger partial charge in [-0.15, -0.1) is 0 Å². The third kappa shape index (κ3) is 26.9. The fourth-order valence-corrected chi connectivity index (χ4v) is 6.55. The van der Waals surface area contributed by atoms with Gasteiger partial charge in [-0.25, -0.2) is 0 Å². The highest BCUT2D eigenvalue weighted by Crippen LogP contribution is 2.22. The van der Waals surface area contributed by atoms with Gasteiger partial charge in [0.05, 0.1) is 13.2 Å². The largest absolute Gasteiger partial charge is 0.462 e. The smallest absolute Gasteiger partial charge is 0.306 e. The Hall–Kier alpha value is -1.82. The predicted molar refractivity (Wildman–Crippen MR) is 215 cm³/mol. The number of allylic oxidation sites excluding steroid dienone is 4. The van der Waals surface area contributed by atoms with Crippen LogP contribution < -0.4 is 0 Å². The first-order valence-corrected chi connectivity index (χ1v) is 21.9. The summed E-state index contributed by atoms with van der Waals surface area (Å²) in [5.74, 6) is -0.870. The van der Waals surface area contributed by atoms with Gasteiger partial charge in [0.15, 0.2) is 12.4 Å². The Morgan fingerprint density at radius 2 is 1.02 bits per heavy atom. The van der Waals surface area contributed by atoms with Crippen LogP contribution >= 0.6 is 0 Å². The molecule has 2 unspecified atom stereocenters. The van der Waals surface area contributed by atoms with E-state index < -0.39 is 55.4 Å². The van der Waals surface area contributed by atoms with Crippen LogP contribution in [0.2, 0.25) is 0 Å². The summed E-state index contributed by atoms with van der Waals surface area (Å²) in [6.07, 6.45) is 30.5. The van der Waals surface area contributed by atoms with Gasteiger partial charge in [-0.1, -0.05) is 147 Å². The summed E-state index contributed by atoms with van der Waals surface area (Å²) in [7, 11) is 0. The molecule has 0 bridgehead atoms. The van der Waals surface area contributed by atoms with Gasteiger partial charge in [0.1, 0.15) is 31.0 Å². The number of hydrogen-bond donors (Lipinski definition) is 4. The lowest BCUT2D eigenvalue weighted by atomic mass is 9.99. The first-order chi connectivity index (χ1) is 26.3. The number of unbranched alkanes of at least 4 members (excludes halogenated alkanes) is 21. The molecule has 0 spiro atoms. The standard InChI is InChI=1S/C44H80O10/c1-3-5-7-9-11-13-15-17-19-21-22-24-26-28-30-32-39(46)51-35-37(36-52-44-43(50)42(49)41(48)38(34-45)54-44)53-40(47)33-31-29-27-25-23-20-18-16-14-12-10-8-6-4-2/h16,18,26,28,37-38,41-45,48-50H,3-15,17,19-25,27,29-36H2,1-2H3/b18-16+,28-26+/t37-,38-,41+,42?,43?,44-/m0/s1. The molecule has 0 radical (unpaired) electrons. The Kier molecular flexibility index (Phi) is 33.1.